The van der Waals surface area contributed by atoms with Gasteiger partial charge in [0.15, 0.2) is 0 Å². The van der Waals surface area contributed by atoms with Crippen LogP contribution in [-0.2, 0) is 0 Å². The molecular weight excluding hydrogens is 627 g/mol. The number of benzene rings is 3. The summed E-state index contributed by atoms with van der Waals surface area (Å²) in [5.41, 5.74) is -4.43. The molecule has 3 rings (SSSR count). The Balaban J connectivity index is 1.83. The molecule has 11 heteroatoms. The van der Waals surface area contributed by atoms with Crippen LogP contribution in [0.2, 0.25) is 0 Å². The first-order chi connectivity index (χ1) is 15.0. The normalized spacial score (nSPS) is 11.2. The molecule has 2 amide bonds. The SMILES string of the molecule is O=C(Nc1c(Br)cc(I)cc1SC(F)(F)F)c1cccc(NC(=O)c2ccccc2F)c1. The molecule has 0 fully saturated rings. The maximum absolute atomic E-state index is 13.8. The van der Waals surface area contributed by atoms with Crippen LogP contribution in [0, 0.1) is 9.39 Å². The van der Waals surface area contributed by atoms with E-state index in [1.165, 1.54) is 48.5 Å². The van der Waals surface area contributed by atoms with Gasteiger partial charge in [0.2, 0.25) is 0 Å². The van der Waals surface area contributed by atoms with Gasteiger partial charge in [0, 0.05) is 24.2 Å². The number of amides is 2. The second-order valence-corrected chi connectivity index (χ2v) is 9.48. The number of thioether (sulfide) groups is 1. The fourth-order valence-corrected chi connectivity index (χ4v) is 5.30. The van der Waals surface area contributed by atoms with Gasteiger partial charge in [-0.1, -0.05) is 18.2 Å². The fourth-order valence-electron chi connectivity index (χ4n) is 2.64. The van der Waals surface area contributed by atoms with Gasteiger partial charge in [-0.3, -0.25) is 9.59 Å². The third-order valence-electron chi connectivity index (χ3n) is 3.98. The topological polar surface area (TPSA) is 58.2 Å². The van der Waals surface area contributed by atoms with Gasteiger partial charge >= 0.3 is 5.51 Å². The Labute approximate surface area is 206 Å². The molecule has 0 aliphatic heterocycles. The van der Waals surface area contributed by atoms with Crippen molar-refractivity contribution < 1.29 is 27.2 Å². The maximum Gasteiger partial charge on any atom is 0.446 e. The summed E-state index contributed by atoms with van der Waals surface area (Å²) in [6.45, 7) is 0. The number of hydrogen-bond acceptors (Lipinski definition) is 3. The van der Waals surface area contributed by atoms with Crippen LogP contribution in [0.25, 0.3) is 0 Å². The van der Waals surface area contributed by atoms with E-state index in [0.29, 0.717) is 3.57 Å². The number of anilines is 2. The predicted molar refractivity (Wildman–Crippen MR) is 128 cm³/mol. The zero-order valence-electron chi connectivity index (χ0n) is 15.8. The molecule has 0 aromatic heterocycles. The molecule has 0 spiro atoms. The van der Waals surface area contributed by atoms with Gasteiger partial charge in [0.05, 0.1) is 11.3 Å². The van der Waals surface area contributed by atoms with Crippen molar-refractivity contribution in [3.05, 3.63) is 85.7 Å². The lowest BCUT2D eigenvalue weighted by atomic mass is 10.1. The number of nitrogens with one attached hydrogen (secondary N) is 2. The van der Waals surface area contributed by atoms with Crippen molar-refractivity contribution in [3.8, 4) is 0 Å². The summed E-state index contributed by atoms with van der Waals surface area (Å²) >= 11 is 4.73. The first-order valence-corrected chi connectivity index (χ1v) is 11.4. The molecule has 0 atom stereocenters. The van der Waals surface area contributed by atoms with Crippen LogP contribution in [0.5, 0.6) is 0 Å². The molecule has 0 saturated carbocycles. The Kier molecular flexibility index (Phi) is 7.83. The Morgan fingerprint density at radius 1 is 0.938 bits per heavy atom. The van der Waals surface area contributed by atoms with Gasteiger partial charge in [-0.15, -0.1) is 0 Å². The zero-order chi connectivity index (χ0) is 23.5. The maximum atomic E-state index is 13.8. The molecule has 2 N–H and O–H groups in total. The van der Waals surface area contributed by atoms with Crippen LogP contribution in [0.15, 0.2) is 70.0 Å². The second kappa shape index (κ2) is 10.2. The van der Waals surface area contributed by atoms with Gasteiger partial charge in [-0.05, 0) is 92.7 Å². The van der Waals surface area contributed by atoms with Crippen LogP contribution in [-0.4, -0.2) is 17.3 Å². The molecular formula is C21H12BrF4IN2O2S. The first kappa shape index (κ1) is 24.5. The van der Waals surface area contributed by atoms with Crippen molar-refractivity contribution in [2.24, 2.45) is 0 Å². The molecule has 0 aliphatic carbocycles. The number of carbonyl (C=O) groups is 2. The van der Waals surface area contributed by atoms with E-state index in [1.54, 1.807) is 6.07 Å². The highest BCUT2D eigenvalue weighted by Gasteiger charge is 2.31. The van der Waals surface area contributed by atoms with Crippen LogP contribution < -0.4 is 10.6 Å². The van der Waals surface area contributed by atoms with Crippen molar-refractivity contribution in [2.75, 3.05) is 10.6 Å². The second-order valence-electron chi connectivity index (χ2n) is 6.28. The molecule has 0 unspecified atom stereocenters. The zero-order valence-corrected chi connectivity index (χ0v) is 20.3. The molecule has 3 aromatic rings. The van der Waals surface area contributed by atoms with Gasteiger partial charge < -0.3 is 10.6 Å². The van der Waals surface area contributed by atoms with E-state index in [-0.39, 0.29) is 43.6 Å². The largest absolute Gasteiger partial charge is 0.446 e. The smallest absolute Gasteiger partial charge is 0.322 e. The Morgan fingerprint density at radius 2 is 1.66 bits per heavy atom. The highest BCUT2D eigenvalue weighted by Crippen LogP contribution is 2.44. The molecule has 0 aliphatic rings. The molecule has 0 saturated heterocycles. The van der Waals surface area contributed by atoms with Gasteiger partial charge in [-0.25, -0.2) is 4.39 Å². The lowest BCUT2D eigenvalue weighted by Gasteiger charge is -2.15. The van der Waals surface area contributed by atoms with Crippen molar-refractivity contribution in [1.29, 1.82) is 0 Å². The van der Waals surface area contributed by atoms with E-state index in [2.05, 4.69) is 26.6 Å². The number of rotatable bonds is 5. The predicted octanol–water partition coefficient (Wildman–Crippen LogP) is 7.31. The van der Waals surface area contributed by atoms with Crippen molar-refractivity contribution >= 4 is 73.5 Å². The summed E-state index contributed by atoms with van der Waals surface area (Å²) in [6, 6.07) is 14.1. The minimum absolute atomic E-state index is 0.0291. The van der Waals surface area contributed by atoms with Crippen LogP contribution in [0.1, 0.15) is 20.7 Å². The third kappa shape index (κ3) is 6.45. The quantitative estimate of drug-likeness (QED) is 0.175. The van der Waals surface area contributed by atoms with Crippen LogP contribution >= 0.6 is 50.3 Å². The summed E-state index contributed by atoms with van der Waals surface area (Å²) in [7, 11) is 0. The van der Waals surface area contributed by atoms with Crippen molar-refractivity contribution in [3.63, 3.8) is 0 Å². The standard InChI is InChI=1S/C21H12BrF4IN2O2S/c22-15-9-12(27)10-17(32-21(24,25)26)18(15)29-19(30)11-4-3-5-13(8-11)28-20(31)14-6-1-2-7-16(14)23/h1-10H,(H,28,31)(H,29,30). The number of alkyl halides is 3. The Morgan fingerprint density at radius 3 is 2.34 bits per heavy atom. The van der Waals surface area contributed by atoms with Crippen LogP contribution in [0.3, 0.4) is 0 Å². The summed E-state index contributed by atoms with van der Waals surface area (Å²) in [4.78, 5) is 24.9. The lowest BCUT2D eigenvalue weighted by Crippen LogP contribution is -2.16. The average Bonchev–Trinajstić information content (AvgIpc) is 2.69. The molecule has 32 heavy (non-hydrogen) atoms. The summed E-state index contributed by atoms with van der Waals surface area (Å²) in [5.74, 6) is -2.08. The first-order valence-electron chi connectivity index (χ1n) is 8.75. The monoisotopic (exact) mass is 638 g/mol. The van der Waals surface area contributed by atoms with Gasteiger partial charge in [-0.2, -0.15) is 13.2 Å². The minimum atomic E-state index is -4.54. The van der Waals surface area contributed by atoms with Gasteiger partial charge in [0.1, 0.15) is 5.82 Å². The third-order valence-corrected chi connectivity index (χ3v) is 6.01. The molecule has 0 bridgehead atoms. The number of carbonyl (C=O) groups excluding carboxylic acids is 2. The lowest BCUT2D eigenvalue weighted by molar-refractivity contribution is -0.0328. The van der Waals surface area contributed by atoms with Crippen molar-refractivity contribution in [2.45, 2.75) is 10.4 Å². The van der Waals surface area contributed by atoms with E-state index in [1.807, 2.05) is 22.6 Å². The fraction of sp³-hybridized carbons (Fsp3) is 0.0476. The highest BCUT2D eigenvalue weighted by atomic mass is 127. The van der Waals surface area contributed by atoms with Crippen molar-refractivity contribution in [1.82, 2.24) is 0 Å². The highest BCUT2D eigenvalue weighted by molar-refractivity contribution is 14.1. The van der Waals surface area contributed by atoms with E-state index < -0.39 is 23.1 Å². The minimum Gasteiger partial charge on any atom is -0.322 e. The summed E-state index contributed by atoms with van der Waals surface area (Å²) in [6.07, 6.45) is 0. The summed E-state index contributed by atoms with van der Waals surface area (Å²) < 4.78 is 53.5. The molecule has 0 radical (unpaired) electrons. The van der Waals surface area contributed by atoms with Crippen LogP contribution in [0.4, 0.5) is 28.9 Å². The van der Waals surface area contributed by atoms with E-state index in [9.17, 15) is 27.2 Å². The molecule has 0 heterocycles. The van der Waals surface area contributed by atoms with Gasteiger partial charge in [0.25, 0.3) is 11.8 Å². The number of halogens is 6. The van der Waals surface area contributed by atoms with E-state index in [4.69, 9.17) is 0 Å². The Bertz CT molecular complexity index is 1190. The Hall–Kier alpha value is -2.12. The van der Waals surface area contributed by atoms with E-state index >= 15 is 0 Å². The summed E-state index contributed by atoms with van der Waals surface area (Å²) in [5, 5.41) is 4.98. The molecule has 3 aromatic carbocycles. The molecule has 4 nitrogen and oxygen atoms in total. The average molecular weight is 639 g/mol. The number of hydrogen-bond donors (Lipinski definition) is 2. The van der Waals surface area contributed by atoms with E-state index in [0.717, 1.165) is 6.07 Å². The molecule has 166 valence electrons.